The lowest BCUT2D eigenvalue weighted by atomic mass is 9.66. The van der Waals surface area contributed by atoms with E-state index in [0.29, 0.717) is 0 Å². The molecule has 0 radical (unpaired) electrons. The van der Waals surface area contributed by atoms with E-state index in [9.17, 15) is 0 Å². The maximum Gasteiger partial charge on any atom is -0.0381 e. The molecule has 0 amide bonds. The number of rotatable bonds is 2. The highest BCUT2D eigenvalue weighted by atomic mass is 14.4. The molecule has 13 heavy (non-hydrogen) atoms. The lowest BCUT2D eigenvalue weighted by Crippen LogP contribution is -2.30. The van der Waals surface area contributed by atoms with Gasteiger partial charge in [0, 0.05) is 0 Å². The topological polar surface area (TPSA) is 0 Å². The highest BCUT2D eigenvalue weighted by Crippen LogP contribution is 2.46. The molecule has 2 rings (SSSR count). The predicted octanol–water partition coefficient (Wildman–Crippen LogP) is 4.10. The maximum absolute atomic E-state index is 2.51. The van der Waals surface area contributed by atoms with Gasteiger partial charge in [-0.1, -0.05) is 27.2 Å². The van der Waals surface area contributed by atoms with E-state index < -0.39 is 0 Å². The average Bonchev–Trinajstić information content (AvgIpc) is 2.45. The molecule has 3 unspecified atom stereocenters. The number of hydrogen-bond donors (Lipinski definition) is 0. The smallest absolute Gasteiger partial charge is 0.0381 e. The van der Waals surface area contributed by atoms with Crippen LogP contribution in [0.25, 0.3) is 0 Å². The molecule has 0 aromatic carbocycles. The molecule has 0 aromatic rings. The first-order chi connectivity index (χ1) is 6.16. The summed E-state index contributed by atoms with van der Waals surface area (Å²) >= 11 is 0. The van der Waals surface area contributed by atoms with Gasteiger partial charge >= 0.3 is 0 Å². The van der Waals surface area contributed by atoms with Gasteiger partial charge in [-0.3, -0.25) is 0 Å². The van der Waals surface area contributed by atoms with Crippen LogP contribution in [0.4, 0.5) is 0 Å². The Bertz CT molecular complexity index is 167. The Labute approximate surface area is 83.1 Å². The molecule has 0 N–H and O–H groups in total. The van der Waals surface area contributed by atoms with Gasteiger partial charge in [-0.15, -0.1) is 0 Å². The third kappa shape index (κ3) is 1.92. The number of hydrogen-bond acceptors (Lipinski definition) is 0. The third-order valence-electron chi connectivity index (χ3n) is 4.63. The molecule has 3 atom stereocenters. The van der Waals surface area contributed by atoms with E-state index in [1.807, 2.05) is 0 Å². The lowest BCUT2D eigenvalue weighted by molar-refractivity contribution is 0.106. The molecule has 0 heterocycles. The van der Waals surface area contributed by atoms with Crippen LogP contribution in [-0.4, -0.2) is 0 Å². The van der Waals surface area contributed by atoms with Gasteiger partial charge in [0.2, 0.25) is 0 Å². The van der Waals surface area contributed by atoms with E-state index in [1.54, 1.807) is 0 Å². The molecule has 0 saturated heterocycles. The highest BCUT2D eigenvalue weighted by Gasteiger charge is 2.36. The molecule has 76 valence electrons. The van der Waals surface area contributed by atoms with Gasteiger partial charge < -0.3 is 0 Å². The second-order valence-electron chi connectivity index (χ2n) is 5.87. The second kappa shape index (κ2) is 3.63. The average molecular weight is 180 g/mol. The minimum atomic E-state index is 1.02. The lowest BCUT2D eigenvalue weighted by Gasteiger charge is -2.40. The van der Waals surface area contributed by atoms with E-state index in [4.69, 9.17) is 0 Å². The molecule has 0 aliphatic heterocycles. The Hall–Kier alpha value is 0. The van der Waals surface area contributed by atoms with E-state index >= 15 is 0 Å². The standard InChI is InChI=1S/C13H24/c1-9-4-5-12(6-9)11(3)13-7-10(2)8-13/h9-13H,4-8H2,1-3H3. The van der Waals surface area contributed by atoms with E-state index in [2.05, 4.69) is 20.8 Å². The molecule has 2 fully saturated rings. The summed E-state index contributed by atoms with van der Waals surface area (Å²) in [5.41, 5.74) is 0. The van der Waals surface area contributed by atoms with Crippen LogP contribution in [0.15, 0.2) is 0 Å². The molecule has 0 nitrogen and oxygen atoms in total. The van der Waals surface area contributed by atoms with Crippen molar-refractivity contribution in [1.29, 1.82) is 0 Å². The normalized spacial score (nSPS) is 47.3. The van der Waals surface area contributed by atoms with Gasteiger partial charge in [0.05, 0.1) is 0 Å². The van der Waals surface area contributed by atoms with Crippen LogP contribution in [0.1, 0.15) is 52.9 Å². The molecular formula is C13H24. The van der Waals surface area contributed by atoms with Crippen LogP contribution in [0.3, 0.4) is 0 Å². The zero-order chi connectivity index (χ0) is 9.42. The predicted molar refractivity (Wildman–Crippen MR) is 57.6 cm³/mol. The van der Waals surface area contributed by atoms with Crippen molar-refractivity contribution in [2.24, 2.45) is 29.6 Å². The summed E-state index contributed by atoms with van der Waals surface area (Å²) in [5, 5.41) is 0. The van der Waals surface area contributed by atoms with Gasteiger partial charge in [0.25, 0.3) is 0 Å². The molecule has 0 spiro atoms. The van der Waals surface area contributed by atoms with Gasteiger partial charge in [-0.2, -0.15) is 0 Å². The van der Waals surface area contributed by atoms with Crippen molar-refractivity contribution in [2.75, 3.05) is 0 Å². The fourth-order valence-electron chi connectivity index (χ4n) is 3.51. The van der Waals surface area contributed by atoms with Crippen molar-refractivity contribution in [2.45, 2.75) is 52.9 Å². The SMILES string of the molecule is CC1CCC(C(C)C2CC(C)C2)C1. The van der Waals surface area contributed by atoms with Crippen molar-refractivity contribution in [3.05, 3.63) is 0 Å². The molecule has 2 saturated carbocycles. The van der Waals surface area contributed by atoms with Crippen LogP contribution < -0.4 is 0 Å². The Morgan fingerprint density at radius 1 is 0.846 bits per heavy atom. The molecular weight excluding hydrogens is 156 g/mol. The van der Waals surface area contributed by atoms with Gasteiger partial charge in [-0.25, -0.2) is 0 Å². The Morgan fingerprint density at radius 2 is 1.46 bits per heavy atom. The summed E-state index contributed by atoms with van der Waals surface area (Å²) in [7, 11) is 0. The van der Waals surface area contributed by atoms with Crippen molar-refractivity contribution in [1.82, 2.24) is 0 Å². The molecule has 2 aliphatic rings. The zero-order valence-corrected chi connectivity index (χ0v) is 9.42. The van der Waals surface area contributed by atoms with Crippen LogP contribution in [0.5, 0.6) is 0 Å². The minimum absolute atomic E-state index is 1.02. The van der Waals surface area contributed by atoms with Crippen molar-refractivity contribution in [3.63, 3.8) is 0 Å². The fraction of sp³-hybridized carbons (Fsp3) is 1.00. The maximum atomic E-state index is 2.51. The molecule has 2 aliphatic carbocycles. The summed E-state index contributed by atoms with van der Waals surface area (Å²) in [6.45, 7) is 7.34. The first kappa shape index (κ1) is 9.55. The molecule has 0 heteroatoms. The van der Waals surface area contributed by atoms with E-state index in [1.165, 1.54) is 32.1 Å². The van der Waals surface area contributed by atoms with Crippen LogP contribution >= 0.6 is 0 Å². The summed E-state index contributed by atoms with van der Waals surface area (Å²) in [5.74, 6) is 5.25. The molecule has 0 aromatic heterocycles. The van der Waals surface area contributed by atoms with Crippen LogP contribution in [0, 0.1) is 29.6 Å². The zero-order valence-electron chi connectivity index (χ0n) is 9.42. The molecule has 0 bridgehead atoms. The highest BCUT2D eigenvalue weighted by molar-refractivity contribution is 4.86. The Balaban J connectivity index is 1.80. The van der Waals surface area contributed by atoms with Crippen molar-refractivity contribution >= 4 is 0 Å². The van der Waals surface area contributed by atoms with Crippen LogP contribution in [0.2, 0.25) is 0 Å². The summed E-state index contributed by atoms with van der Waals surface area (Å²) in [4.78, 5) is 0. The van der Waals surface area contributed by atoms with Crippen molar-refractivity contribution < 1.29 is 0 Å². The van der Waals surface area contributed by atoms with Crippen LogP contribution in [-0.2, 0) is 0 Å². The summed E-state index contributed by atoms with van der Waals surface area (Å²) < 4.78 is 0. The third-order valence-corrected chi connectivity index (χ3v) is 4.63. The summed E-state index contributed by atoms with van der Waals surface area (Å²) in [6, 6.07) is 0. The van der Waals surface area contributed by atoms with Gasteiger partial charge in [-0.05, 0) is 55.3 Å². The first-order valence-electron chi connectivity index (χ1n) is 6.16. The minimum Gasteiger partial charge on any atom is -0.0625 e. The van der Waals surface area contributed by atoms with E-state index in [-0.39, 0.29) is 0 Å². The summed E-state index contributed by atoms with van der Waals surface area (Å²) in [6.07, 6.45) is 7.58. The Morgan fingerprint density at radius 3 is 1.92 bits per heavy atom. The first-order valence-corrected chi connectivity index (χ1v) is 6.16. The van der Waals surface area contributed by atoms with Gasteiger partial charge in [0.1, 0.15) is 0 Å². The van der Waals surface area contributed by atoms with Gasteiger partial charge in [0.15, 0.2) is 0 Å². The van der Waals surface area contributed by atoms with Crippen molar-refractivity contribution in [3.8, 4) is 0 Å². The Kier molecular flexibility index (Phi) is 2.67. The fourth-order valence-corrected chi connectivity index (χ4v) is 3.51. The second-order valence-corrected chi connectivity index (χ2v) is 5.87. The van der Waals surface area contributed by atoms with E-state index in [0.717, 1.165) is 29.6 Å². The monoisotopic (exact) mass is 180 g/mol. The quantitative estimate of drug-likeness (QED) is 0.600. The largest absolute Gasteiger partial charge is 0.0625 e.